The Morgan fingerprint density at radius 2 is 1.14 bits per heavy atom. The standard InChI is InChI=1S/C19H37FO/c1-3-5-7-9-11-13-18-15-17(20)16-19(21-18)14-12-10-8-6-4-2/h17-19H,3-16H2,1-2H3/t17?,18-,19+. The molecule has 1 nitrogen and oxygen atoms in total. The van der Waals surface area contributed by atoms with Crippen LogP contribution >= 0.6 is 0 Å². The highest BCUT2D eigenvalue weighted by molar-refractivity contribution is 4.77. The average Bonchev–Trinajstić information content (AvgIpc) is 2.46. The van der Waals surface area contributed by atoms with Crippen molar-refractivity contribution < 1.29 is 9.13 Å². The van der Waals surface area contributed by atoms with Crippen LogP contribution in [0.15, 0.2) is 0 Å². The summed E-state index contributed by atoms with van der Waals surface area (Å²) in [7, 11) is 0. The van der Waals surface area contributed by atoms with E-state index in [9.17, 15) is 4.39 Å². The molecule has 1 aliphatic rings. The van der Waals surface area contributed by atoms with Gasteiger partial charge in [0.05, 0.1) is 12.2 Å². The summed E-state index contributed by atoms with van der Waals surface area (Å²) >= 11 is 0. The van der Waals surface area contributed by atoms with Gasteiger partial charge in [-0.05, 0) is 12.8 Å². The van der Waals surface area contributed by atoms with Crippen LogP contribution in [0, 0.1) is 0 Å². The van der Waals surface area contributed by atoms with Gasteiger partial charge in [-0.3, -0.25) is 0 Å². The lowest BCUT2D eigenvalue weighted by Crippen LogP contribution is -2.33. The van der Waals surface area contributed by atoms with E-state index in [2.05, 4.69) is 13.8 Å². The molecule has 1 aliphatic heterocycles. The molecule has 0 amide bonds. The van der Waals surface area contributed by atoms with Crippen molar-refractivity contribution in [2.45, 2.75) is 122 Å². The topological polar surface area (TPSA) is 9.23 Å². The van der Waals surface area contributed by atoms with Crippen LogP contribution in [-0.2, 0) is 4.74 Å². The van der Waals surface area contributed by atoms with Crippen LogP contribution in [0.4, 0.5) is 4.39 Å². The van der Waals surface area contributed by atoms with E-state index in [0.717, 1.165) is 12.8 Å². The SMILES string of the molecule is CCCCCCC[C@@H]1CC(F)C[C@H](CCCCCCC)O1. The highest BCUT2D eigenvalue weighted by Gasteiger charge is 2.28. The summed E-state index contributed by atoms with van der Waals surface area (Å²) in [5.41, 5.74) is 0. The number of hydrogen-bond acceptors (Lipinski definition) is 1. The van der Waals surface area contributed by atoms with Gasteiger partial charge in [0.2, 0.25) is 0 Å². The third-order valence-corrected chi connectivity index (χ3v) is 4.68. The predicted octanol–water partition coefficient (Wildman–Crippen LogP) is 6.59. The molecule has 0 bridgehead atoms. The number of ether oxygens (including phenoxy) is 1. The molecular weight excluding hydrogens is 263 g/mol. The van der Waals surface area contributed by atoms with Gasteiger partial charge in [-0.1, -0.05) is 78.1 Å². The Morgan fingerprint density at radius 3 is 1.57 bits per heavy atom. The number of unbranched alkanes of at least 4 members (excludes halogenated alkanes) is 8. The van der Waals surface area contributed by atoms with Crippen LogP contribution in [0.25, 0.3) is 0 Å². The van der Waals surface area contributed by atoms with Crippen LogP contribution in [0.1, 0.15) is 104 Å². The molecule has 0 aliphatic carbocycles. The molecule has 3 atom stereocenters. The first-order valence-electron chi connectivity index (χ1n) is 9.55. The van der Waals surface area contributed by atoms with Crippen LogP contribution in [0.5, 0.6) is 0 Å². The normalized spacial score (nSPS) is 26.1. The third-order valence-electron chi connectivity index (χ3n) is 4.68. The molecule has 1 fully saturated rings. The molecule has 0 radical (unpaired) electrons. The number of rotatable bonds is 12. The Kier molecular flexibility index (Phi) is 11.2. The molecule has 1 heterocycles. The maximum atomic E-state index is 13.9. The van der Waals surface area contributed by atoms with Crippen LogP contribution < -0.4 is 0 Å². The second-order valence-electron chi connectivity index (χ2n) is 6.85. The lowest BCUT2D eigenvalue weighted by Gasteiger charge is -2.32. The smallest absolute Gasteiger partial charge is 0.105 e. The molecule has 21 heavy (non-hydrogen) atoms. The van der Waals surface area contributed by atoms with Gasteiger partial charge in [-0.25, -0.2) is 4.39 Å². The summed E-state index contributed by atoms with van der Waals surface area (Å²) in [4.78, 5) is 0. The minimum absolute atomic E-state index is 0.191. The van der Waals surface area contributed by atoms with Gasteiger partial charge in [-0.15, -0.1) is 0 Å². The molecule has 0 aromatic heterocycles. The lowest BCUT2D eigenvalue weighted by atomic mass is 9.95. The molecule has 126 valence electrons. The van der Waals surface area contributed by atoms with Gasteiger partial charge < -0.3 is 4.74 Å². The Bertz CT molecular complexity index is 210. The maximum absolute atomic E-state index is 13.9. The minimum atomic E-state index is -0.625. The van der Waals surface area contributed by atoms with Crippen LogP contribution in [0.2, 0.25) is 0 Å². The van der Waals surface area contributed by atoms with E-state index in [0.29, 0.717) is 12.8 Å². The molecule has 0 saturated carbocycles. The van der Waals surface area contributed by atoms with Crippen molar-refractivity contribution in [2.75, 3.05) is 0 Å². The Hall–Kier alpha value is -0.110. The van der Waals surface area contributed by atoms with Crippen molar-refractivity contribution in [3.63, 3.8) is 0 Å². The second kappa shape index (κ2) is 12.4. The monoisotopic (exact) mass is 300 g/mol. The first-order chi connectivity index (χ1) is 10.3. The molecular formula is C19H37FO. The molecule has 0 spiro atoms. The van der Waals surface area contributed by atoms with Crippen molar-refractivity contribution in [2.24, 2.45) is 0 Å². The van der Waals surface area contributed by atoms with Crippen molar-refractivity contribution in [1.29, 1.82) is 0 Å². The molecule has 1 saturated heterocycles. The Labute approximate surface area is 132 Å². The van der Waals surface area contributed by atoms with Crippen molar-refractivity contribution >= 4 is 0 Å². The highest BCUT2D eigenvalue weighted by atomic mass is 19.1. The number of alkyl halides is 1. The number of hydrogen-bond donors (Lipinski definition) is 0. The first-order valence-corrected chi connectivity index (χ1v) is 9.55. The zero-order valence-electron chi connectivity index (χ0n) is 14.4. The van der Waals surface area contributed by atoms with Gasteiger partial charge >= 0.3 is 0 Å². The molecule has 2 heteroatoms. The van der Waals surface area contributed by atoms with Crippen LogP contribution in [-0.4, -0.2) is 18.4 Å². The highest BCUT2D eigenvalue weighted by Crippen LogP contribution is 2.28. The van der Waals surface area contributed by atoms with Gasteiger partial charge in [0, 0.05) is 12.8 Å². The maximum Gasteiger partial charge on any atom is 0.105 e. The van der Waals surface area contributed by atoms with E-state index < -0.39 is 6.17 Å². The van der Waals surface area contributed by atoms with Gasteiger partial charge in [0.25, 0.3) is 0 Å². The quantitative estimate of drug-likeness (QED) is 0.369. The average molecular weight is 301 g/mol. The van der Waals surface area contributed by atoms with Gasteiger partial charge in [-0.2, -0.15) is 0 Å². The van der Waals surface area contributed by atoms with Crippen molar-refractivity contribution in [1.82, 2.24) is 0 Å². The lowest BCUT2D eigenvalue weighted by molar-refractivity contribution is -0.0838. The number of halogens is 1. The van der Waals surface area contributed by atoms with Crippen molar-refractivity contribution in [3.05, 3.63) is 0 Å². The predicted molar refractivity (Wildman–Crippen MR) is 89.5 cm³/mol. The fourth-order valence-corrected chi connectivity index (χ4v) is 3.37. The van der Waals surface area contributed by atoms with E-state index in [1.807, 2.05) is 0 Å². The molecule has 1 rings (SSSR count). The first kappa shape index (κ1) is 18.9. The van der Waals surface area contributed by atoms with Gasteiger partial charge in [0.15, 0.2) is 0 Å². The summed E-state index contributed by atoms with van der Waals surface area (Å²) < 4.78 is 20.0. The Balaban J connectivity index is 2.11. The zero-order valence-corrected chi connectivity index (χ0v) is 14.4. The Morgan fingerprint density at radius 1 is 0.714 bits per heavy atom. The van der Waals surface area contributed by atoms with E-state index in [-0.39, 0.29) is 12.2 Å². The second-order valence-corrected chi connectivity index (χ2v) is 6.85. The molecule has 0 aromatic rings. The summed E-state index contributed by atoms with van der Waals surface area (Å²) in [6, 6.07) is 0. The van der Waals surface area contributed by atoms with E-state index >= 15 is 0 Å². The minimum Gasteiger partial charge on any atom is -0.375 e. The van der Waals surface area contributed by atoms with Gasteiger partial charge in [0.1, 0.15) is 6.17 Å². The fraction of sp³-hybridized carbons (Fsp3) is 1.00. The van der Waals surface area contributed by atoms with E-state index in [1.165, 1.54) is 64.2 Å². The summed E-state index contributed by atoms with van der Waals surface area (Å²) in [5.74, 6) is 0. The summed E-state index contributed by atoms with van der Waals surface area (Å²) in [6.07, 6.45) is 16.0. The van der Waals surface area contributed by atoms with E-state index in [4.69, 9.17) is 4.74 Å². The van der Waals surface area contributed by atoms with Crippen molar-refractivity contribution in [3.8, 4) is 0 Å². The third kappa shape index (κ3) is 9.50. The summed E-state index contributed by atoms with van der Waals surface area (Å²) in [5, 5.41) is 0. The molecule has 1 unspecified atom stereocenters. The van der Waals surface area contributed by atoms with Crippen LogP contribution in [0.3, 0.4) is 0 Å². The molecule has 0 aromatic carbocycles. The molecule has 0 N–H and O–H groups in total. The fourth-order valence-electron chi connectivity index (χ4n) is 3.37. The summed E-state index contributed by atoms with van der Waals surface area (Å²) in [6.45, 7) is 4.48. The largest absolute Gasteiger partial charge is 0.375 e. The van der Waals surface area contributed by atoms with E-state index in [1.54, 1.807) is 0 Å². The zero-order chi connectivity index (χ0) is 15.3.